The van der Waals surface area contributed by atoms with Crippen LogP contribution in [-0.4, -0.2) is 63.4 Å². The summed E-state index contributed by atoms with van der Waals surface area (Å²) >= 11 is 1.42. The maximum absolute atomic E-state index is 9.97. The van der Waals surface area contributed by atoms with Crippen molar-refractivity contribution in [1.82, 2.24) is 5.32 Å². The fraction of sp³-hybridized carbons (Fsp3) is 0.900. The van der Waals surface area contributed by atoms with Gasteiger partial charge in [-0.15, -0.1) is 0 Å². The highest BCUT2D eigenvalue weighted by atomic mass is 32.2. The number of aliphatic hydroxyl groups is 3. The van der Waals surface area contributed by atoms with Crippen molar-refractivity contribution in [2.24, 2.45) is 4.99 Å². The molecular formula is C10H18N2O4S. The van der Waals surface area contributed by atoms with Crippen molar-refractivity contribution >= 4 is 16.9 Å². The van der Waals surface area contributed by atoms with E-state index in [0.29, 0.717) is 6.42 Å². The van der Waals surface area contributed by atoms with Crippen molar-refractivity contribution in [2.45, 2.75) is 43.1 Å². The first-order valence-corrected chi connectivity index (χ1v) is 6.66. The maximum Gasteiger partial charge on any atom is 0.159 e. The average molecular weight is 262 g/mol. The summed E-state index contributed by atoms with van der Waals surface area (Å²) < 4.78 is 5.65. The van der Waals surface area contributed by atoms with Crippen LogP contribution in [0.15, 0.2) is 4.99 Å². The molecule has 1 fully saturated rings. The molecule has 0 unspecified atom stereocenters. The van der Waals surface area contributed by atoms with Gasteiger partial charge < -0.3 is 25.4 Å². The van der Waals surface area contributed by atoms with Crippen LogP contribution in [-0.2, 0) is 4.74 Å². The van der Waals surface area contributed by atoms with Gasteiger partial charge >= 0.3 is 0 Å². The van der Waals surface area contributed by atoms with E-state index in [1.807, 2.05) is 6.92 Å². The first-order chi connectivity index (χ1) is 8.17. The molecule has 7 heteroatoms. The predicted octanol–water partition coefficient (Wildman–Crippen LogP) is -1.10. The van der Waals surface area contributed by atoms with Gasteiger partial charge in [-0.05, 0) is 13.3 Å². The van der Waals surface area contributed by atoms with E-state index < -0.39 is 24.4 Å². The maximum atomic E-state index is 9.97. The van der Waals surface area contributed by atoms with E-state index in [0.717, 1.165) is 11.7 Å². The summed E-state index contributed by atoms with van der Waals surface area (Å²) in [4.78, 5) is 4.30. The molecule has 2 heterocycles. The molecule has 0 aromatic heterocycles. The fourth-order valence-corrected chi connectivity index (χ4v) is 3.22. The zero-order valence-electron chi connectivity index (χ0n) is 9.61. The van der Waals surface area contributed by atoms with Gasteiger partial charge in [-0.1, -0.05) is 11.8 Å². The number of aliphatic imine (C=N–C) groups is 1. The summed E-state index contributed by atoms with van der Waals surface area (Å²) in [6.07, 6.45) is -2.14. The van der Waals surface area contributed by atoms with Crippen LogP contribution in [0, 0.1) is 0 Å². The monoisotopic (exact) mass is 262 g/mol. The van der Waals surface area contributed by atoms with Crippen molar-refractivity contribution in [3.63, 3.8) is 0 Å². The third-order valence-electron chi connectivity index (χ3n) is 2.90. The largest absolute Gasteiger partial charge is 0.396 e. The van der Waals surface area contributed by atoms with Crippen LogP contribution < -0.4 is 5.32 Å². The lowest BCUT2D eigenvalue weighted by Crippen LogP contribution is -2.54. The lowest BCUT2D eigenvalue weighted by molar-refractivity contribution is -0.156. The van der Waals surface area contributed by atoms with Crippen molar-refractivity contribution < 1.29 is 20.1 Å². The minimum Gasteiger partial charge on any atom is -0.396 e. The quantitative estimate of drug-likeness (QED) is 0.516. The van der Waals surface area contributed by atoms with Gasteiger partial charge in [0.15, 0.2) is 5.17 Å². The summed E-state index contributed by atoms with van der Waals surface area (Å²) in [7, 11) is 0. The highest BCUT2D eigenvalue weighted by molar-refractivity contribution is 8.14. The predicted molar refractivity (Wildman–Crippen MR) is 64.9 cm³/mol. The van der Waals surface area contributed by atoms with Gasteiger partial charge in [-0.25, -0.2) is 0 Å². The molecule has 0 aliphatic carbocycles. The summed E-state index contributed by atoms with van der Waals surface area (Å²) in [5, 5.41) is 32.5. The average Bonchev–Trinajstić information content (AvgIpc) is 2.69. The molecule has 4 N–H and O–H groups in total. The van der Waals surface area contributed by atoms with Gasteiger partial charge in [0.25, 0.3) is 0 Å². The number of hydrogen-bond acceptors (Lipinski definition) is 7. The Morgan fingerprint density at radius 3 is 2.82 bits per heavy atom. The number of hydrogen-bond donors (Lipinski definition) is 4. The van der Waals surface area contributed by atoms with E-state index in [-0.39, 0.29) is 12.0 Å². The normalized spacial score (nSPS) is 40.9. The minimum atomic E-state index is -0.992. The van der Waals surface area contributed by atoms with Crippen LogP contribution in [0.25, 0.3) is 0 Å². The van der Waals surface area contributed by atoms with Crippen LogP contribution in [0.1, 0.15) is 13.3 Å². The summed E-state index contributed by atoms with van der Waals surface area (Å²) in [6.45, 7) is 2.65. The number of aliphatic hydroxyl groups excluding tert-OH is 3. The van der Waals surface area contributed by atoms with Gasteiger partial charge in [0.1, 0.15) is 23.7 Å². The molecule has 0 saturated carbocycles. The lowest BCUT2D eigenvalue weighted by Gasteiger charge is -2.38. The third kappa shape index (κ3) is 2.58. The second-order valence-electron chi connectivity index (χ2n) is 4.11. The van der Waals surface area contributed by atoms with Crippen molar-refractivity contribution in [3.05, 3.63) is 0 Å². The fourth-order valence-electron chi connectivity index (χ4n) is 2.03. The molecule has 0 aromatic carbocycles. The third-order valence-corrected chi connectivity index (χ3v) is 4.00. The van der Waals surface area contributed by atoms with Gasteiger partial charge in [0.05, 0.1) is 6.10 Å². The second-order valence-corrected chi connectivity index (χ2v) is 5.20. The van der Waals surface area contributed by atoms with E-state index in [1.54, 1.807) is 0 Å². The summed E-state index contributed by atoms with van der Waals surface area (Å²) in [5.74, 6) is 0. The number of amidine groups is 1. The molecule has 1 saturated heterocycles. The Morgan fingerprint density at radius 1 is 1.41 bits per heavy atom. The highest BCUT2D eigenvalue weighted by Gasteiger charge is 2.47. The molecule has 2 aliphatic heterocycles. The minimum absolute atomic E-state index is 0.0720. The van der Waals surface area contributed by atoms with Crippen LogP contribution in [0.3, 0.4) is 0 Å². The van der Waals surface area contributed by atoms with Crippen molar-refractivity contribution in [2.75, 3.05) is 13.2 Å². The summed E-state index contributed by atoms with van der Waals surface area (Å²) in [5.41, 5.74) is -0.279. The molecule has 17 heavy (non-hydrogen) atoms. The molecular weight excluding hydrogens is 244 g/mol. The molecule has 0 aromatic rings. The zero-order chi connectivity index (χ0) is 12.4. The molecule has 0 spiro atoms. The number of fused-ring (bicyclic) bond motifs is 1. The van der Waals surface area contributed by atoms with Gasteiger partial charge in [0.2, 0.25) is 0 Å². The molecule has 0 amide bonds. The molecule has 6 nitrogen and oxygen atoms in total. The van der Waals surface area contributed by atoms with E-state index in [2.05, 4.69) is 10.3 Å². The SMILES string of the molecule is CCNC1=N[C@@H]2[C@@H](O)[C@H](O)[C@@H](CCO)O[C@@H]2S1. The van der Waals surface area contributed by atoms with Crippen molar-refractivity contribution in [1.29, 1.82) is 0 Å². The lowest BCUT2D eigenvalue weighted by atomic mass is 9.96. The summed E-state index contributed by atoms with van der Waals surface area (Å²) in [6, 6.07) is -0.431. The molecule has 5 atom stereocenters. The standard InChI is InChI=1S/C10H18N2O4S/c1-2-11-10-12-6-8(15)7(14)5(3-4-13)16-9(6)17-10/h5-9,13-15H,2-4H2,1H3,(H,11,12)/t5-,6-,7-,8-,9-/m1/s1. The molecule has 0 bridgehead atoms. The number of nitrogens with one attached hydrogen (secondary N) is 1. The van der Waals surface area contributed by atoms with E-state index in [4.69, 9.17) is 9.84 Å². The first kappa shape index (κ1) is 13.1. The first-order valence-electron chi connectivity index (χ1n) is 5.78. The number of rotatable bonds is 3. The number of nitrogens with zero attached hydrogens (tertiary/aromatic N) is 1. The van der Waals surface area contributed by atoms with Gasteiger partial charge in [0, 0.05) is 13.2 Å². The Bertz CT molecular complexity index is 302. The van der Waals surface area contributed by atoms with Crippen LogP contribution in [0.5, 0.6) is 0 Å². The Morgan fingerprint density at radius 2 is 2.18 bits per heavy atom. The molecule has 2 rings (SSSR count). The highest BCUT2D eigenvalue weighted by Crippen LogP contribution is 2.36. The number of ether oxygens (including phenoxy) is 1. The Kier molecular flexibility index (Phi) is 4.26. The Balaban J connectivity index is 2.04. The van der Waals surface area contributed by atoms with Crippen LogP contribution in [0.4, 0.5) is 0 Å². The molecule has 2 aliphatic rings. The van der Waals surface area contributed by atoms with E-state index in [9.17, 15) is 10.2 Å². The molecule has 98 valence electrons. The van der Waals surface area contributed by atoms with E-state index in [1.165, 1.54) is 11.8 Å². The van der Waals surface area contributed by atoms with E-state index >= 15 is 0 Å². The zero-order valence-corrected chi connectivity index (χ0v) is 10.4. The van der Waals surface area contributed by atoms with Crippen LogP contribution in [0.2, 0.25) is 0 Å². The smallest absolute Gasteiger partial charge is 0.159 e. The Labute approximate surface area is 104 Å². The van der Waals surface area contributed by atoms with Crippen LogP contribution >= 0.6 is 11.8 Å². The number of thioether (sulfide) groups is 1. The van der Waals surface area contributed by atoms with Gasteiger partial charge in [-0.2, -0.15) is 0 Å². The van der Waals surface area contributed by atoms with Crippen molar-refractivity contribution in [3.8, 4) is 0 Å². The Hall–Kier alpha value is -0.340. The topological polar surface area (TPSA) is 94.3 Å². The molecule has 0 radical (unpaired) electrons. The second kappa shape index (κ2) is 5.53. The van der Waals surface area contributed by atoms with Gasteiger partial charge in [-0.3, -0.25) is 4.99 Å².